The average molecular weight is 335 g/mol. The van der Waals surface area contributed by atoms with Crippen molar-refractivity contribution in [3.8, 4) is 5.69 Å². The molecule has 0 atom stereocenters. The first kappa shape index (κ1) is 14.4. The van der Waals surface area contributed by atoms with Gasteiger partial charge in [0.05, 0.1) is 15.6 Å². The van der Waals surface area contributed by atoms with E-state index < -0.39 is 11.7 Å². The predicted molar refractivity (Wildman–Crippen MR) is 71.2 cm³/mol. The third-order valence-electron chi connectivity index (χ3n) is 3.25. The lowest BCUT2D eigenvalue weighted by atomic mass is 10.2. The molecular formula is C13H7Cl2F3N2O. The Balaban J connectivity index is 2.12. The first-order valence-electron chi connectivity index (χ1n) is 5.95. The summed E-state index contributed by atoms with van der Waals surface area (Å²) in [5.41, 5.74) is 0.264. The van der Waals surface area contributed by atoms with Gasteiger partial charge in [-0.2, -0.15) is 18.3 Å². The number of ketones is 1. The van der Waals surface area contributed by atoms with Crippen molar-refractivity contribution >= 4 is 29.0 Å². The van der Waals surface area contributed by atoms with Gasteiger partial charge in [0.15, 0.2) is 5.78 Å². The molecule has 1 heterocycles. The second kappa shape index (κ2) is 4.74. The van der Waals surface area contributed by atoms with E-state index in [2.05, 4.69) is 5.10 Å². The number of alkyl halides is 3. The summed E-state index contributed by atoms with van der Waals surface area (Å²) in [5.74, 6) is -0.0945. The molecule has 0 aliphatic heterocycles. The zero-order valence-electron chi connectivity index (χ0n) is 10.3. The number of hydrogen-bond donors (Lipinski definition) is 0. The predicted octanol–water partition coefficient (Wildman–Crippen LogP) is 4.33. The highest BCUT2D eigenvalue weighted by molar-refractivity contribution is 6.37. The Bertz CT molecular complexity index is 729. The summed E-state index contributed by atoms with van der Waals surface area (Å²) < 4.78 is 39.3. The number of aromatic nitrogens is 2. The van der Waals surface area contributed by atoms with Crippen molar-refractivity contribution in [3.63, 3.8) is 0 Å². The van der Waals surface area contributed by atoms with Crippen molar-refractivity contribution in [1.82, 2.24) is 9.78 Å². The number of nitrogens with zero attached hydrogens (tertiary/aromatic N) is 2. The van der Waals surface area contributed by atoms with Crippen LogP contribution in [0.3, 0.4) is 0 Å². The Morgan fingerprint density at radius 3 is 2.29 bits per heavy atom. The van der Waals surface area contributed by atoms with E-state index >= 15 is 0 Å². The van der Waals surface area contributed by atoms with Crippen LogP contribution in [0.1, 0.15) is 28.0 Å². The maximum atomic E-state index is 12.7. The van der Waals surface area contributed by atoms with Gasteiger partial charge in [0.2, 0.25) is 0 Å². The molecule has 0 bridgehead atoms. The molecule has 1 aromatic heterocycles. The van der Waals surface area contributed by atoms with Crippen LogP contribution in [0.15, 0.2) is 18.3 Å². The summed E-state index contributed by atoms with van der Waals surface area (Å²) in [6.07, 6.45) is -2.01. The van der Waals surface area contributed by atoms with Gasteiger partial charge < -0.3 is 0 Å². The molecule has 110 valence electrons. The number of carbonyl (C=O) groups is 1. The Morgan fingerprint density at radius 1 is 1.14 bits per heavy atom. The molecule has 0 amide bonds. The summed E-state index contributed by atoms with van der Waals surface area (Å²) in [7, 11) is 0. The Kier molecular flexibility index (Phi) is 3.26. The lowest BCUT2D eigenvalue weighted by Crippen LogP contribution is -2.07. The van der Waals surface area contributed by atoms with Crippen LogP contribution in [-0.2, 0) is 12.6 Å². The van der Waals surface area contributed by atoms with Crippen molar-refractivity contribution in [2.24, 2.45) is 0 Å². The highest BCUT2D eigenvalue weighted by Gasteiger charge is 2.32. The van der Waals surface area contributed by atoms with E-state index in [-0.39, 0.29) is 21.5 Å². The summed E-state index contributed by atoms with van der Waals surface area (Å²) in [4.78, 5) is 11.6. The number of rotatable bonds is 1. The van der Waals surface area contributed by atoms with Crippen molar-refractivity contribution in [2.45, 2.75) is 19.0 Å². The quantitative estimate of drug-likeness (QED) is 0.778. The molecule has 0 saturated carbocycles. The monoisotopic (exact) mass is 334 g/mol. The van der Waals surface area contributed by atoms with Gasteiger partial charge in [0.25, 0.3) is 0 Å². The fraction of sp³-hybridized carbons (Fsp3) is 0.231. The topological polar surface area (TPSA) is 34.9 Å². The second-order valence-electron chi connectivity index (χ2n) is 4.66. The van der Waals surface area contributed by atoms with Crippen LogP contribution in [-0.4, -0.2) is 15.6 Å². The van der Waals surface area contributed by atoms with Crippen LogP contribution in [0.4, 0.5) is 13.2 Å². The molecular weight excluding hydrogens is 328 g/mol. The van der Waals surface area contributed by atoms with Crippen molar-refractivity contribution in [2.75, 3.05) is 0 Å². The molecule has 1 aliphatic carbocycles. The van der Waals surface area contributed by atoms with Crippen molar-refractivity contribution in [3.05, 3.63) is 45.2 Å². The number of hydrogen-bond acceptors (Lipinski definition) is 2. The third-order valence-corrected chi connectivity index (χ3v) is 3.83. The number of halogens is 5. The average Bonchev–Trinajstić information content (AvgIpc) is 2.90. The van der Waals surface area contributed by atoms with E-state index in [1.54, 1.807) is 6.20 Å². The molecule has 2 aromatic rings. The van der Waals surface area contributed by atoms with E-state index in [1.807, 2.05) is 0 Å². The molecule has 0 saturated heterocycles. The van der Waals surface area contributed by atoms with Gasteiger partial charge in [0, 0.05) is 18.2 Å². The second-order valence-corrected chi connectivity index (χ2v) is 5.47. The van der Waals surface area contributed by atoms with E-state index in [0.29, 0.717) is 18.5 Å². The van der Waals surface area contributed by atoms with Crippen molar-refractivity contribution < 1.29 is 18.0 Å². The lowest BCUT2D eigenvalue weighted by Gasteiger charge is -2.12. The molecule has 0 unspecified atom stereocenters. The SMILES string of the molecule is O=C1CCc2cn(-c3c(Cl)cc(C(F)(F)F)cc3Cl)nc21. The number of aryl methyl sites for hydroxylation is 1. The zero-order chi connectivity index (χ0) is 15.4. The van der Waals surface area contributed by atoms with E-state index in [1.165, 1.54) is 4.68 Å². The van der Waals surface area contributed by atoms with Crippen LogP contribution < -0.4 is 0 Å². The molecule has 3 rings (SSSR count). The van der Waals surface area contributed by atoms with Gasteiger partial charge in [-0.1, -0.05) is 23.2 Å². The molecule has 1 aliphatic rings. The largest absolute Gasteiger partial charge is 0.416 e. The molecule has 0 fully saturated rings. The van der Waals surface area contributed by atoms with Crippen LogP contribution in [0.5, 0.6) is 0 Å². The summed E-state index contributed by atoms with van der Waals surface area (Å²) in [5, 5.41) is 3.72. The minimum absolute atomic E-state index is 0.0945. The van der Waals surface area contributed by atoms with Gasteiger partial charge >= 0.3 is 6.18 Å². The fourth-order valence-corrected chi connectivity index (χ4v) is 2.92. The number of fused-ring (bicyclic) bond motifs is 1. The maximum absolute atomic E-state index is 12.7. The Morgan fingerprint density at radius 2 is 1.76 bits per heavy atom. The molecule has 0 radical (unpaired) electrons. The highest BCUT2D eigenvalue weighted by atomic mass is 35.5. The molecule has 8 heteroatoms. The minimum atomic E-state index is -4.53. The molecule has 3 nitrogen and oxygen atoms in total. The fourth-order valence-electron chi connectivity index (χ4n) is 2.26. The van der Waals surface area contributed by atoms with Gasteiger partial charge in [-0.3, -0.25) is 4.79 Å². The first-order valence-corrected chi connectivity index (χ1v) is 6.71. The van der Waals surface area contributed by atoms with Crippen LogP contribution >= 0.6 is 23.2 Å². The van der Waals surface area contributed by atoms with Gasteiger partial charge in [-0.05, 0) is 18.6 Å². The van der Waals surface area contributed by atoms with E-state index in [4.69, 9.17) is 23.2 Å². The maximum Gasteiger partial charge on any atom is 0.416 e. The Hall–Kier alpha value is -1.53. The Labute approximate surface area is 127 Å². The van der Waals surface area contributed by atoms with Gasteiger partial charge in [-0.25, -0.2) is 4.68 Å². The third kappa shape index (κ3) is 2.42. The van der Waals surface area contributed by atoms with E-state index in [0.717, 1.165) is 17.7 Å². The normalized spacial score (nSPS) is 14.6. The number of carbonyl (C=O) groups excluding carboxylic acids is 1. The number of Topliss-reactive ketones (excluding diaryl/α,β-unsaturated/α-hetero) is 1. The molecule has 0 spiro atoms. The van der Waals surface area contributed by atoms with Crippen LogP contribution in [0, 0.1) is 0 Å². The van der Waals surface area contributed by atoms with Crippen LogP contribution in [0.25, 0.3) is 5.69 Å². The van der Waals surface area contributed by atoms with Crippen LogP contribution in [0.2, 0.25) is 10.0 Å². The molecule has 0 N–H and O–H groups in total. The van der Waals surface area contributed by atoms with Gasteiger partial charge in [0.1, 0.15) is 11.4 Å². The number of benzene rings is 1. The summed E-state index contributed by atoms with van der Waals surface area (Å²) >= 11 is 11.8. The standard InChI is InChI=1S/C13H7Cl2F3N2O/c14-8-3-7(13(16,17)18)4-9(15)12(8)20-5-6-1-2-10(21)11(6)19-20/h3-5H,1-2H2. The highest BCUT2D eigenvalue weighted by Crippen LogP contribution is 2.37. The van der Waals surface area contributed by atoms with E-state index in [9.17, 15) is 18.0 Å². The molecule has 1 aromatic carbocycles. The van der Waals surface area contributed by atoms with Crippen molar-refractivity contribution in [1.29, 1.82) is 0 Å². The summed E-state index contributed by atoms with van der Waals surface area (Å²) in [6, 6.07) is 1.58. The molecule has 21 heavy (non-hydrogen) atoms. The summed E-state index contributed by atoms with van der Waals surface area (Å²) in [6.45, 7) is 0. The smallest absolute Gasteiger partial charge is 0.292 e. The minimum Gasteiger partial charge on any atom is -0.292 e. The van der Waals surface area contributed by atoms with Gasteiger partial charge in [-0.15, -0.1) is 0 Å². The zero-order valence-corrected chi connectivity index (χ0v) is 11.9. The first-order chi connectivity index (χ1) is 9.77. The lowest BCUT2D eigenvalue weighted by molar-refractivity contribution is -0.137.